The van der Waals surface area contributed by atoms with Crippen LogP contribution >= 0.6 is 27.3 Å². The second-order valence-electron chi connectivity index (χ2n) is 3.64. The molecule has 0 aliphatic carbocycles. The molecule has 1 aliphatic heterocycles. The van der Waals surface area contributed by atoms with Gasteiger partial charge in [-0.15, -0.1) is 15.7 Å². The Labute approximate surface area is 122 Å². The van der Waals surface area contributed by atoms with Crippen molar-refractivity contribution in [1.29, 1.82) is 0 Å². The van der Waals surface area contributed by atoms with Gasteiger partial charge in [-0.05, 0) is 34.1 Å². The average Bonchev–Trinajstić information content (AvgIpc) is 2.78. The van der Waals surface area contributed by atoms with Gasteiger partial charge in [0.1, 0.15) is 12.3 Å². The molecule has 6 nitrogen and oxygen atoms in total. The lowest BCUT2D eigenvalue weighted by atomic mass is 10.2. The number of rotatable bonds is 3. The molecule has 1 aromatic rings. The average molecular weight is 365 g/mol. The third-order valence-corrected chi connectivity index (χ3v) is 5.39. The minimum Gasteiger partial charge on any atom is -0.388 e. The van der Waals surface area contributed by atoms with Crippen molar-refractivity contribution in [2.24, 2.45) is 4.40 Å². The number of hydrogen-bond donors (Lipinski definition) is 1. The molecule has 19 heavy (non-hydrogen) atoms. The minimum atomic E-state index is -3.94. The molecule has 0 fully saturated rings. The molecule has 0 saturated carbocycles. The van der Waals surface area contributed by atoms with Crippen molar-refractivity contribution < 1.29 is 18.3 Å². The number of aliphatic hydroxyl groups is 1. The Morgan fingerprint density at radius 3 is 2.74 bits per heavy atom. The number of hydrogen-bond acceptors (Lipinski definition) is 5. The Morgan fingerprint density at radius 2 is 2.21 bits per heavy atom. The zero-order chi connectivity index (χ0) is 14.2. The number of ketones is 1. The minimum absolute atomic E-state index is 0.1000. The quantitative estimate of drug-likeness (QED) is 0.864. The van der Waals surface area contributed by atoms with E-state index in [-0.39, 0.29) is 11.4 Å². The largest absolute Gasteiger partial charge is 0.388 e. The number of carbonyl (C=O) groups is 1. The topological polar surface area (TPSA) is 87.0 Å². The van der Waals surface area contributed by atoms with Gasteiger partial charge in [0.05, 0.1) is 14.4 Å². The van der Waals surface area contributed by atoms with Crippen LogP contribution in [0.15, 0.2) is 32.1 Å². The van der Waals surface area contributed by atoms with Crippen molar-refractivity contribution >= 4 is 49.0 Å². The number of Topliss-reactive ketones (excluding diaryl/α,β-unsaturated/α-hetero) is 1. The van der Waals surface area contributed by atoms with Crippen LogP contribution in [0.2, 0.25) is 0 Å². The molecule has 0 spiro atoms. The molecule has 0 aromatic carbocycles. The van der Waals surface area contributed by atoms with Crippen molar-refractivity contribution in [3.63, 3.8) is 0 Å². The van der Waals surface area contributed by atoms with Gasteiger partial charge in [0, 0.05) is 7.05 Å². The van der Waals surface area contributed by atoms with Gasteiger partial charge in [-0.2, -0.15) is 8.42 Å². The summed E-state index contributed by atoms with van der Waals surface area (Å²) in [5.41, 5.74) is 0.0858. The van der Waals surface area contributed by atoms with Crippen LogP contribution in [0.25, 0.3) is 0 Å². The second kappa shape index (κ2) is 5.16. The highest BCUT2D eigenvalue weighted by molar-refractivity contribution is 9.11. The molecule has 0 radical (unpaired) electrons. The summed E-state index contributed by atoms with van der Waals surface area (Å²) < 4.78 is 28.9. The molecule has 1 aromatic heterocycles. The van der Waals surface area contributed by atoms with Gasteiger partial charge in [-0.1, -0.05) is 0 Å². The Bertz CT molecular complexity index is 690. The van der Waals surface area contributed by atoms with Crippen molar-refractivity contribution in [3.8, 4) is 0 Å². The first-order valence-corrected chi connectivity index (χ1v) is 8.06. The molecular formula is C10H9BrN2O4S2. The highest BCUT2D eigenvalue weighted by atomic mass is 79.9. The van der Waals surface area contributed by atoms with Crippen LogP contribution in [0.4, 0.5) is 0 Å². The number of nitrogens with zero attached hydrogens (tertiary/aromatic N) is 2. The number of halogens is 1. The summed E-state index contributed by atoms with van der Waals surface area (Å²) in [5.74, 6) is -0.672. The Balaban J connectivity index is 2.55. The summed E-state index contributed by atoms with van der Waals surface area (Å²) in [6.07, 6.45) is 1.36. The molecule has 0 saturated heterocycles. The highest BCUT2D eigenvalue weighted by Crippen LogP contribution is 2.26. The van der Waals surface area contributed by atoms with E-state index in [1.807, 2.05) is 0 Å². The van der Waals surface area contributed by atoms with Crippen LogP contribution < -0.4 is 0 Å². The first-order chi connectivity index (χ1) is 8.85. The molecular weight excluding hydrogens is 356 g/mol. The number of allylic oxidation sites excluding steroid dienone is 1. The molecule has 1 N–H and O–H groups in total. The van der Waals surface area contributed by atoms with Gasteiger partial charge < -0.3 is 5.11 Å². The number of carbonyl (C=O) groups excluding carboxylic acids is 1. The molecule has 1 aliphatic rings. The predicted molar refractivity (Wildman–Crippen MR) is 75.4 cm³/mol. The first kappa shape index (κ1) is 14.4. The third-order valence-electron chi connectivity index (χ3n) is 2.43. The number of likely N-dealkylation sites (N-methyl/N-ethyl adjacent to an activating group) is 1. The van der Waals surface area contributed by atoms with Gasteiger partial charge >= 0.3 is 10.2 Å². The lowest BCUT2D eigenvalue weighted by Gasteiger charge is -2.22. The van der Waals surface area contributed by atoms with Crippen molar-refractivity contribution in [3.05, 3.63) is 32.6 Å². The summed E-state index contributed by atoms with van der Waals surface area (Å²) in [6, 6.07) is 3.46. The van der Waals surface area contributed by atoms with Gasteiger partial charge in [0.2, 0.25) is 5.78 Å². The lowest BCUT2D eigenvalue weighted by molar-refractivity contribution is -0.119. The molecule has 102 valence electrons. The Morgan fingerprint density at radius 1 is 1.53 bits per heavy atom. The van der Waals surface area contributed by atoms with Gasteiger partial charge in [-0.3, -0.25) is 9.10 Å². The maximum absolute atomic E-state index is 11.9. The van der Waals surface area contributed by atoms with E-state index in [9.17, 15) is 13.2 Å². The van der Waals surface area contributed by atoms with E-state index in [1.165, 1.54) is 24.5 Å². The maximum atomic E-state index is 11.9. The fourth-order valence-corrected chi connectivity index (χ4v) is 3.79. The summed E-state index contributed by atoms with van der Waals surface area (Å²) >= 11 is 4.58. The summed E-state index contributed by atoms with van der Waals surface area (Å²) in [7, 11) is -2.72. The van der Waals surface area contributed by atoms with Crippen LogP contribution in [0, 0.1) is 0 Å². The molecule has 2 rings (SSSR count). The number of aliphatic hydroxyl groups excluding tert-OH is 1. The van der Waals surface area contributed by atoms with Crippen LogP contribution in [-0.2, 0) is 15.0 Å². The summed E-state index contributed by atoms with van der Waals surface area (Å²) in [4.78, 5) is 12.2. The second-order valence-corrected chi connectivity index (χ2v) is 7.73. The van der Waals surface area contributed by atoms with Crippen LogP contribution in [0.5, 0.6) is 0 Å². The summed E-state index contributed by atoms with van der Waals surface area (Å²) in [5, 5.41) is 8.88. The van der Waals surface area contributed by atoms with E-state index in [4.69, 9.17) is 5.11 Å². The van der Waals surface area contributed by atoms with E-state index in [2.05, 4.69) is 20.3 Å². The smallest absolute Gasteiger partial charge is 0.345 e. The van der Waals surface area contributed by atoms with Crippen molar-refractivity contribution in [1.82, 2.24) is 4.31 Å². The highest BCUT2D eigenvalue weighted by Gasteiger charge is 2.29. The van der Waals surface area contributed by atoms with Gasteiger partial charge in [0.25, 0.3) is 0 Å². The van der Waals surface area contributed by atoms with E-state index in [0.29, 0.717) is 4.88 Å². The van der Waals surface area contributed by atoms with E-state index >= 15 is 0 Å². The van der Waals surface area contributed by atoms with E-state index in [0.717, 1.165) is 8.09 Å². The van der Waals surface area contributed by atoms with Crippen LogP contribution in [0.1, 0.15) is 4.88 Å². The van der Waals surface area contributed by atoms with Crippen molar-refractivity contribution in [2.75, 3.05) is 13.7 Å². The maximum Gasteiger partial charge on any atom is 0.345 e. The van der Waals surface area contributed by atoms with Gasteiger partial charge in [-0.25, -0.2) is 0 Å². The summed E-state index contributed by atoms with van der Waals surface area (Å²) in [6.45, 7) is -0.757. The fraction of sp³-hybridized carbons (Fsp3) is 0.200. The molecule has 0 atom stereocenters. The molecule has 0 unspecified atom stereocenters. The normalized spacial score (nSPS) is 17.9. The van der Waals surface area contributed by atoms with Gasteiger partial charge in [0.15, 0.2) is 0 Å². The van der Waals surface area contributed by atoms with Crippen LogP contribution in [0.3, 0.4) is 0 Å². The molecule has 0 bridgehead atoms. The van der Waals surface area contributed by atoms with E-state index < -0.39 is 22.6 Å². The zero-order valence-electron chi connectivity index (χ0n) is 9.70. The monoisotopic (exact) mass is 364 g/mol. The molecule has 0 amide bonds. The Hall–Kier alpha value is -1.03. The fourth-order valence-electron chi connectivity index (χ4n) is 1.46. The standard InChI is InChI=1S/C10H9BrN2O4S2/c1-13-7(8(15)5-14)4-6(12-19(13,16)17)9-2-3-10(11)18-9/h2-4,14H,5H2,1H3. The molecule has 9 heteroatoms. The predicted octanol–water partition coefficient (Wildman–Crippen LogP) is 0.935. The zero-order valence-corrected chi connectivity index (χ0v) is 12.9. The SMILES string of the molecule is CN1C(C(=O)CO)=CC(c2ccc(Br)s2)=NS1(=O)=O. The lowest BCUT2D eigenvalue weighted by Crippen LogP contribution is -2.34. The van der Waals surface area contributed by atoms with Crippen molar-refractivity contribution in [2.45, 2.75) is 0 Å². The Kier molecular flexibility index (Phi) is 3.90. The first-order valence-electron chi connectivity index (χ1n) is 5.05. The number of thiophene rings is 1. The van der Waals surface area contributed by atoms with E-state index in [1.54, 1.807) is 12.1 Å². The molecule has 2 heterocycles. The van der Waals surface area contributed by atoms with Crippen LogP contribution in [-0.4, -0.2) is 43.0 Å². The third kappa shape index (κ3) is 2.78.